The summed E-state index contributed by atoms with van der Waals surface area (Å²) in [7, 11) is -4.02. The van der Waals surface area contributed by atoms with Gasteiger partial charge in [-0.2, -0.15) is 8.42 Å². The average Bonchev–Trinajstić information content (AvgIpc) is 2.67. The maximum atomic E-state index is 12.8. The molecule has 3 aromatic rings. The zero-order valence-electron chi connectivity index (χ0n) is 14.9. The van der Waals surface area contributed by atoms with E-state index in [0.717, 1.165) is 4.47 Å². The Hall–Kier alpha value is -2.40. The van der Waals surface area contributed by atoms with Gasteiger partial charge in [0.05, 0.1) is 0 Å². The first-order valence-corrected chi connectivity index (χ1v) is 11.6. The Morgan fingerprint density at radius 1 is 0.966 bits per heavy atom. The average molecular weight is 496 g/mol. The Kier molecular flexibility index (Phi) is 6.91. The Morgan fingerprint density at radius 2 is 1.62 bits per heavy atom. The van der Waals surface area contributed by atoms with Crippen LogP contribution in [0.2, 0.25) is 0 Å². The fourth-order valence-corrected chi connectivity index (χ4v) is 4.41. The third-order valence-electron chi connectivity index (χ3n) is 3.81. The highest BCUT2D eigenvalue weighted by atomic mass is 79.9. The highest BCUT2D eigenvalue weighted by molar-refractivity contribution is 9.10. The van der Waals surface area contributed by atoms with Crippen molar-refractivity contribution in [2.75, 3.05) is 10.0 Å². The number of benzene rings is 3. The number of hydrogen-bond donors (Lipinski definition) is 2. The van der Waals surface area contributed by atoms with Crippen molar-refractivity contribution in [3.8, 4) is 5.75 Å². The minimum Gasteiger partial charge on any atom is -0.755 e. The van der Waals surface area contributed by atoms with Crippen LogP contribution in [0.25, 0.3) is 0 Å². The minimum absolute atomic E-state index is 0.0529. The lowest BCUT2D eigenvalue weighted by Gasteiger charge is -2.14. The van der Waals surface area contributed by atoms with Gasteiger partial charge in [0, 0.05) is 33.7 Å². The molecule has 0 fully saturated rings. The normalized spacial score (nSPS) is 12.2. The molecule has 3 aromatic carbocycles. The first-order chi connectivity index (χ1) is 13.8. The van der Waals surface area contributed by atoms with Crippen LogP contribution in [0.5, 0.6) is 5.75 Å². The minimum atomic E-state index is -4.02. The summed E-state index contributed by atoms with van der Waals surface area (Å²) >= 11 is 0.963. The Balaban J connectivity index is 1.79. The molecule has 2 N–H and O–H groups in total. The molecule has 0 aliphatic heterocycles. The Labute approximate surface area is 179 Å². The van der Waals surface area contributed by atoms with Gasteiger partial charge in [-0.3, -0.25) is 4.21 Å². The van der Waals surface area contributed by atoms with Crippen molar-refractivity contribution >= 4 is 48.7 Å². The van der Waals surface area contributed by atoms with Gasteiger partial charge in [-0.1, -0.05) is 34.1 Å². The number of hydrogen-bond acceptors (Lipinski definition) is 6. The molecule has 0 saturated heterocycles. The lowest BCUT2D eigenvalue weighted by Crippen LogP contribution is -2.14. The predicted molar refractivity (Wildman–Crippen MR) is 115 cm³/mol. The molecule has 0 aliphatic rings. The van der Waals surface area contributed by atoms with E-state index < -0.39 is 21.4 Å². The molecule has 1 atom stereocenters. The predicted octanol–water partition coefficient (Wildman–Crippen LogP) is 4.03. The molecule has 0 saturated carbocycles. The summed E-state index contributed by atoms with van der Waals surface area (Å²) in [4.78, 5) is 0.0529. The Bertz CT molecular complexity index is 1110. The number of nitrogens with one attached hydrogen (secondary N) is 2. The summed E-state index contributed by atoms with van der Waals surface area (Å²) in [5.41, 5.74) is 1.63. The molecule has 0 heterocycles. The van der Waals surface area contributed by atoms with E-state index in [0.29, 0.717) is 16.9 Å². The Morgan fingerprint density at radius 3 is 2.28 bits per heavy atom. The van der Waals surface area contributed by atoms with E-state index in [9.17, 15) is 17.2 Å². The van der Waals surface area contributed by atoms with Gasteiger partial charge in [0.25, 0.3) is 0 Å². The van der Waals surface area contributed by atoms with Gasteiger partial charge in [0.1, 0.15) is 10.6 Å². The van der Waals surface area contributed by atoms with Crippen LogP contribution in [0.1, 0.15) is 5.56 Å². The first kappa shape index (κ1) is 21.3. The highest BCUT2D eigenvalue weighted by Crippen LogP contribution is 2.25. The molecule has 10 heteroatoms. The molecule has 29 heavy (non-hydrogen) atoms. The summed E-state index contributed by atoms with van der Waals surface area (Å²) < 4.78 is 55.1. The smallest absolute Gasteiger partial charge is 0.339 e. The molecule has 1 unspecified atom stereocenters. The highest BCUT2D eigenvalue weighted by Gasteiger charge is 2.21. The molecular formula is C19H16BrN2O5S2-. The van der Waals surface area contributed by atoms with Gasteiger partial charge in [-0.05, 0) is 60.2 Å². The molecule has 0 spiro atoms. The quantitative estimate of drug-likeness (QED) is 0.360. The van der Waals surface area contributed by atoms with E-state index in [2.05, 4.69) is 26.0 Å². The molecule has 152 valence electrons. The van der Waals surface area contributed by atoms with Crippen LogP contribution in [0.3, 0.4) is 0 Å². The second kappa shape index (κ2) is 9.40. The molecule has 0 radical (unpaired) electrons. The lowest BCUT2D eigenvalue weighted by molar-refractivity contribution is 0.485. The van der Waals surface area contributed by atoms with E-state index in [-0.39, 0.29) is 17.2 Å². The van der Waals surface area contributed by atoms with Gasteiger partial charge in [-0.25, -0.2) is 0 Å². The van der Waals surface area contributed by atoms with Crippen molar-refractivity contribution in [2.24, 2.45) is 0 Å². The number of rotatable bonds is 8. The molecule has 0 bridgehead atoms. The number of halogens is 1. The van der Waals surface area contributed by atoms with Crippen LogP contribution in [-0.4, -0.2) is 17.2 Å². The second-order valence-corrected chi connectivity index (χ2v) is 8.97. The maximum Gasteiger partial charge on any atom is 0.339 e. The SMILES string of the molecule is O=S([O-])Nc1ccc(NCc2cc(Br)ccc2S(=O)(=O)Oc2ccccc2)cc1. The van der Waals surface area contributed by atoms with Gasteiger partial charge in [0.15, 0.2) is 0 Å². The van der Waals surface area contributed by atoms with Crippen molar-refractivity contribution in [1.82, 2.24) is 0 Å². The van der Waals surface area contributed by atoms with Gasteiger partial charge in [0.2, 0.25) is 0 Å². The number of para-hydroxylation sites is 1. The summed E-state index contributed by atoms with van der Waals surface area (Å²) in [6.45, 7) is 0.215. The van der Waals surface area contributed by atoms with Crippen molar-refractivity contribution < 1.29 is 21.4 Å². The first-order valence-electron chi connectivity index (χ1n) is 8.31. The fourth-order valence-electron chi connectivity index (χ4n) is 2.53. The van der Waals surface area contributed by atoms with E-state index in [1.54, 1.807) is 66.7 Å². The second-order valence-electron chi connectivity index (χ2n) is 5.87. The molecule has 0 amide bonds. The van der Waals surface area contributed by atoms with Gasteiger partial charge >= 0.3 is 10.1 Å². The third-order valence-corrected chi connectivity index (χ3v) is 6.05. The molecule has 0 aromatic heterocycles. The summed E-state index contributed by atoms with van der Waals surface area (Å²) in [5, 5.41) is 3.12. The van der Waals surface area contributed by atoms with Crippen LogP contribution in [0.4, 0.5) is 11.4 Å². The molecule has 3 rings (SSSR count). The largest absolute Gasteiger partial charge is 0.755 e. The molecule has 0 aliphatic carbocycles. The van der Waals surface area contributed by atoms with Crippen molar-refractivity contribution in [3.05, 3.63) is 82.8 Å². The fraction of sp³-hybridized carbons (Fsp3) is 0.0526. The van der Waals surface area contributed by atoms with E-state index in [4.69, 9.17) is 4.18 Å². The maximum absolute atomic E-state index is 12.8. The van der Waals surface area contributed by atoms with E-state index in [1.165, 1.54) is 6.07 Å². The van der Waals surface area contributed by atoms with E-state index in [1.807, 2.05) is 0 Å². The standard InChI is InChI=1S/C19H17BrN2O5S2/c20-15-6-11-19(29(25,26)27-18-4-2-1-3-5-18)14(12-15)13-21-16-7-9-17(10-8-16)22-28(23)24/h1-12,21-22H,13H2,(H,23,24)/p-1. The summed E-state index contributed by atoms with van der Waals surface area (Å²) in [6, 6.07) is 19.6. The van der Waals surface area contributed by atoms with Gasteiger partial charge in [-0.15, -0.1) is 0 Å². The molecule has 7 nitrogen and oxygen atoms in total. The number of anilines is 2. The van der Waals surface area contributed by atoms with Crippen LogP contribution >= 0.6 is 15.9 Å². The zero-order chi connectivity index (χ0) is 20.9. The van der Waals surface area contributed by atoms with Crippen LogP contribution < -0.4 is 14.2 Å². The van der Waals surface area contributed by atoms with Crippen molar-refractivity contribution in [3.63, 3.8) is 0 Å². The lowest BCUT2D eigenvalue weighted by atomic mass is 10.2. The third kappa shape index (κ3) is 6.04. The van der Waals surface area contributed by atoms with E-state index >= 15 is 0 Å². The summed E-state index contributed by atoms with van der Waals surface area (Å²) in [5.74, 6) is 0.230. The zero-order valence-corrected chi connectivity index (χ0v) is 18.1. The van der Waals surface area contributed by atoms with Crippen molar-refractivity contribution in [2.45, 2.75) is 11.4 Å². The van der Waals surface area contributed by atoms with Crippen LogP contribution in [0, 0.1) is 0 Å². The van der Waals surface area contributed by atoms with Gasteiger partial charge < -0.3 is 18.8 Å². The van der Waals surface area contributed by atoms with Crippen LogP contribution in [0.15, 0.2) is 82.2 Å². The van der Waals surface area contributed by atoms with Crippen LogP contribution in [-0.2, 0) is 27.9 Å². The monoisotopic (exact) mass is 495 g/mol. The molecular weight excluding hydrogens is 480 g/mol. The topological polar surface area (TPSA) is 108 Å². The summed E-state index contributed by atoms with van der Waals surface area (Å²) in [6.07, 6.45) is 0. The van der Waals surface area contributed by atoms with Crippen molar-refractivity contribution in [1.29, 1.82) is 0 Å².